The van der Waals surface area contributed by atoms with Crippen molar-refractivity contribution in [3.05, 3.63) is 64.2 Å². The number of nitro benzene ring substituents is 1. The molecule has 0 aliphatic heterocycles. The number of hydrogen-bond donors (Lipinski definition) is 1. The highest BCUT2D eigenvalue weighted by molar-refractivity contribution is 7.89. The summed E-state index contributed by atoms with van der Waals surface area (Å²) in [5.74, 6) is 0.715. The first-order valence-electron chi connectivity index (χ1n) is 7.33. The zero-order valence-electron chi connectivity index (χ0n) is 13.3. The molecule has 1 atom stereocenters. The predicted octanol–water partition coefficient (Wildman–Crippen LogP) is 3.03. The quantitative estimate of drug-likeness (QED) is 0.611. The molecule has 0 amide bonds. The van der Waals surface area contributed by atoms with Crippen LogP contribution in [0.3, 0.4) is 0 Å². The molecule has 1 N–H and O–H groups in total. The van der Waals surface area contributed by atoms with Crippen molar-refractivity contribution in [2.75, 3.05) is 6.61 Å². The van der Waals surface area contributed by atoms with Gasteiger partial charge in [0.15, 0.2) is 0 Å². The van der Waals surface area contributed by atoms with E-state index in [1.165, 1.54) is 12.1 Å². The Bertz CT molecular complexity index is 801. The lowest BCUT2D eigenvalue weighted by Crippen LogP contribution is -2.26. The fourth-order valence-electron chi connectivity index (χ4n) is 2.14. The van der Waals surface area contributed by atoms with E-state index in [1.54, 1.807) is 31.2 Å². The standard InChI is InChI=1S/C16H18N2O5S/c1-3-23-15-8-4-13(5-9-15)12(2)17-24(21,22)16-10-6-14(7-11-16)18(19)20/h4-12,17H,3H2,1-2H3/t12-/m1/s1. The number of non-ortho nitro benzene ring substituents is 1. The second-order valence-corrected chi connectivity index (χ2v) is 6.81. The Morgan fingerprint density at radius 1 is 1.12 bits per heavy atom. The van der Waals surface area contributed by atoms with Crippen LogP contribution >= 0.6 is 0 Å². The minimum atomic E-state index is -3.77. The van der Waals surface area contributed by atoms with E-state index in [1.807, 2.05) is 6.92 Å². The van der Waals surface area contributed by atoms with Gasteiger partial charge in [0.2, 0.25) is 10.0 Å². The average molecular weight is 350 g/mol. The van der Waals surface area contributed by atoms with Gasteiger partial charge >= 0.3 is 0 Å². The van der Waals surface area contributed by atoms with Crippen LogP contribution in [0.5, 0.6) is 5.75 Å². The van der Waals surface area contributed by atoms with Crippen molar-refractivity contribution in [3.63, 3.8) is 0 Å². The summed E-state index contributed by atoms with van der Waals surface area (Å²) >= 11 is 0. The van der Waals surface area contributed by atoms with Crippen LogP contribution in [-0.4, -0.2) is 19.9 Å². The first-order valence-corrected chi connectivity index (χ1v) is 8.81. The Kier molecular flexibility index (Phi) is 5.53. The monoisotopic (exact) mass is 350 g/mol. The highest BCUT2D eigenvalue weighted by Crippen LogP contribution is 2.21. The van der Waals surface area contributed by atoms with Crippen LogP contribution in [0.4, 0.5) is 5.69 Å². The van der Waals surface area contributed by atoms with Crippen LogP contribution in [0.1, 0.15) is 25.5 Å². The van der Waals surface area contributed by atoms with Gasteiger partial charge in [-0.1, -0.05) is 12.1 Å². The number of ether oxygens (including phenoxy) is 1. The van der Waals surface area contributed by atoms with Gasteiger partial charge in [-0.25, -0.2) is 13.1 Å². The van der Waals surface area contributed by atoms with Crippen LogP contribution in [-0.2, 0) is 10.0 Å². The maximum Gasteiger partial charge on any atom is 0.269 e. The Hall–Kier alpha value is -2.45. The molecule has 8 heteroatoms. The third kappa shape index (κ3) is 4.30. The molecule has 7 nitrogen and oxygen atoms in total. The van der Waals surface area contributed by atoms with Gasteiger partial charge in [-0.2, -0.15) is 0 Å². The molecule has 0 heterocycles. The number of hydrogen-bond acceptors (Lipinski definition) is 5. The maximum absolute atomic E-state index is 12.4. The van der Waals surface area contributed by atoms with Gasteiger partial charge in [-0.15, -0.1) is 0 Å². The fourth-order valence-corrected chi connectivity index (χ4v) is 3.37. The summed E-state index contributed by atoms with van der Waals surface area (Å²) in [5.41, 5.74) is 0.623. The minimum Gasteiger partial charge on any atom is -0.494 e. The van der Waals surface area contributed by atoms with Crippen molar-refractivity contribution in [3.8, 4) is 5.75 Å². The smallest absolute Gasteiger partial charge is 0.269 e. The van der Waals surface area contributed by atoms with Gasteiger partial charge in [0.1, 0.15) is 5.75 Å². The van der Waals surface area contributed by atoms with E-state index < -0.39 is 21.0 Å². The topological polar surface area (TPSA) is 98.5 Å². The van der Waals surface area contributed by atoms with Gasteiger partial charge < -0.3 is 4.74 Å². The van der Waals surface area contributed by atoms with Crippen LogP contribution in [0.25, 0.3) is 0 Å². The number of rotatable bonds is 7. The first kappa shape index (κ1) is 17.9. The SMILES string of the molecule is CCOc1ccc([C@@H](C)NS(=O)(=O)c2ccc([N+](=O)[O-])cc2)cc1. The van der Waals surface area contributed by atoms with Crippen molar-refractivity contribution >= 4 is 15.7 Å². The summed E-state index contributed by atoms with van der Waals surface area (Å²) in [6, 6.07) is 11.4. The van der Waals surface area contributed by atoms with E-state index in [2.05, 4.69) is 4.72 Å². The lowest BCUT2D eigenvalue weighted by Gasteiger charge is -2.15. The van der Waals surface area contributed by atoms with Gasteiger partial charge in [0.25, 0.3) is 5.69 Å². The van der Waals surface area contributed by atoms with E-state index >= 15 is 0 Å². The molecule has 2 rings (SSSR count). The Labute approximate surface area is 140 Å². The summed E-state index contributed by atoms with van der Waals surface area (Å²) in [6.07, 6.45) is 0. The molecule has 2 aromatic rings. The van der Waals surface area contributed by atoms with E-state index in [4.69, 9.17) is 4.74 Å². The Balaban J connectivity index is 2.14. The lowest BCUT2D eigenvalue weighted by molar-refractivity contribution is -0.384. The summed E-state index contributed by atoms with van der Waals surface area (Å²) in [4.78, 5) is 10.0. The van der Waals surface area contributed by atoms with E-state index in [0.717, 1.165) is 17.7 Å². The molecule has 0 aromatic heterocycles. The maximum atomic E-state index is 12.4. The minimum absolute atomic E-state index is 0.0223. The molecule has 0 saturated carbocycles. The zero-order valence-corrected chi connectivity index (χ0v) is 14.1. The lowest BCUT2D eigenvalue weighted by atomic mass is 10.1. The fraction of sp³-hybridized carbons (Fsp3) is 0.250. The number of sulfonamides is 1. The van der Waals surface area contributed by atoms with E-state index in [9.17, 15) is 18.5 Å². The molecule has 0 aliphatic carbocycles. The third-order valence-corrected chi connectivity index (χ3v) is 4.94. The number of benzene rings is 2. The molecule has 2 aromatic carbocycles. The highest BCUT2D eigenvalue weighted by atomic mass is 32.2. The summed E-state index contributed by atoms with van der Waals surface area (Å²) in [6.45, 7) is 4.16. The van der Waals surface area contributed by atoms with Crippen molar-refractivity contribution in [2.24, 2.45) is 0 Å². The van der Waals surface area contributed by atoms with Gasteiger partial charge in [0.05, 0.1) is 16.4 Å². The van der Waals surface area contributed by atoms with Crippen molar-refractivity contribution in [1.29, 1.82) is 0 Å². The van der Waals surface area contributed by atoms with Crippen molar-refractivity contribution < 1.29 is 18.1 Å². The molecule has 0 fully saturated rings. The Morgan fingerprint density at radius 2 is 1.71 bits per heavy atom. The number of nitrogens with zero attached hydrogens (tertiary/aromatic N) is 1. The van der Waals surface area contributed by atoms with E-state index in [-0.39, 0.29) is 10.6 Å². The molecule has 0 radical (unpaired) electrons. The molecule has 24 heavy (non-hydrogen) atoms. The number of nitrogens with one attached hydrogen (secondary N) is 1. The first-order chi connectivity index (χ1) is 11.3. The third-order valence-electron chi connectivity index (χ3n) is 3.38. The molecule has 0 saturated heterocycles. The summed E-state index contributed by atoms with van der Waals surface area (Å²) in [7, 11) is -3.77. The van der Waals surface area contributed by atoms with Crippen LogP contribution in [0, 0.1) is 10.1 Å². The van der Waals surface area contributed by atoms with Crippen molar-refractivity contribution in [2.45, 2.75) is 24.8 Å². The van der Waals surface area contributed by atoms with Gasteiger partial charge in [0, 0.05) is 18.2 Å². The largest absolute Gasteiger partial charge is 0.494 e. The van der Waals surface area contributed by atoms with Crippen LogP contribution < -0.4 is 9.46 Å². The summed E-state index contributed by atoms with van der Waals surface area (Å²) < 4.78 is 32.6. The summed E-state index contributed by atoms with van der Waals surface area (Å²) in [5, 5.41) is 10.6. The van der Waals surface area contributed by atoms with Crippen LogP contribution in [0.2, 0.25) is 0 Å². The molecule has 0 bridgehead atoms. The normalized spacial score (nSPS) is 12.6. The zero-order chi connectivity index (χ0) is 17.7. The highest BCUT2D eigenvalue weighted by Gasteiger charge is 2.19. The molecule has 0 aliphatic rings. The van der Waals surface area contributed by atoms with Crippen LogP contribution in [0.15, 0.2) is 53.4 Å². The second kappa shape index (κ2) is 7.41. The predicted molar refractivity (Wildman–Crippen MR) is 89.4 cm³/mol. The van der Waals surface area contributed by atoms with E-state index in [0.29, 0.717) is 12.4 Å². The molecule has 128 valence electrons. The number of nitro groups is 1. The van der Waals surface area contributed by atoms with Crippen molar-refractivity contribution in [1.82, 2.24) is 4.72 Å². The second-order valence-electron chi connectivity index (χ2n) is 5.10. The molecular weight excluding hydrogens is 332 g/mol. The molecule has 0 spiro atoms. The van der Waals surface area contributed by atoms with Gasteiger partial charge in [-0.05, 0) is 43.7 Å². The average Bonchev–Trinajstić information content (AvgIpc) is 2.55. The Morgan fingerprint density at radius 3 is 2.21 bits per heavy atom. The van der Waals surface area contributed by atoms with Gasteiger partial charge in [-0.3, -0.25) is 10.1 Å². The molecule has 0 unspecified atom stereocenters. The molecular formula is C16H18N2O5S.